The average molecular weight is 352 g/mol. The monoisotopic (exact) mass is 352 g/mol. The van der Waals surface area contributed by atoms with Crippen LogP contribution in [0.1, 0.15) is 24.0 Å². The van der Waals surface area contributed by atoms with E-state index in [1.807, 2.05) is 18.2 Å². The summed E-state index contributed by atoms with van der Waals surface area (Å²) in [5.74, 6) is 1.58. The molecule has 5 heteroatoms. The number of carbonyl (C=O) groups is 1. The lowest BCUT2D eigenvalue weighted by atomic mass is 9.95. The molecule has 0 atom stereocenters. The number of nitrogens with one attached hydrogen (secondary N) is 1. The van der Waals surface area contributed by atoms with Crippen LogP contribution in [-0.4, -0.2) is 30.7 Å². The first-order chi connectivity index (χ1) is 12.7. The summed E-state index contributed by atoms with van der Waals surface area (Å²) in [6, 6.07) is 14.2. The molecule has 136 valence electrons. The zero-order valence-electron chi connectivity index (χ0n) is 15.0. The van der Waals surface area contributed by atoms with Gasteiger partial charge in [0.2, 0.25) is 12.7 Å². The lowest BCUT2D eigenvalue weighted by Crippen LogP contribution is -2.37. The number of hydrogen-bond acceptors (Lipinski definition) is 4. The van der Waals surface area contributed by atoms with Gasteiger partial charge in [-0.3, -0.25) is 9.69 Å². The predicted octanol–water partition coefficient (Wildman–Crippen LogP) is 3.57. The van der Waals surface area contributed by atoms with Crippen molar-refractivity contribution in [2.75, 3.05) is 25.2 Å². The molecule has 2 aromatic carbocycles. The average Bonchev–Trinajstić information content (AvgIpc) is 3.10. The maximum Gasteiger partial charge on any atom is 0.231 e. The number of rotatable bonds is 4. The van der Waals surface area contributed by atoms with Crippen molar-refractivity contribution in [2.45, 2.75) is 26.3 Å². The molecule has 1 saturated heterocycles. The number of piperidine rings is 1. The van der Waals surface area contributed by atoms with E-state index in [9.17, 15) is 4.79 Å². The molecule has 2 aromatic rings. The second-order valence-corrected chi connectivity index (χ2v) is 7.10. The number of carbonyl (C=O) groups excluding carboxylic acids is 1. The third-order valence-electron chi connectivity index (χ3n) is 5.09. The van der Waals surface area contributed by atoms with Crippen LogP contribution in [0, 0.1) is 12.8 Å². The van der Waals surface area contributed by atoms with E-state index in [1.165, 1.54) is 11.1 Å². The Morgan fingerprint density at radius 3 is 2.73 bits per heavy atom. The first-order valence-corrected chi connectivity index (χ1v) is 9.16. The highest BCUT2D eigenvalue weighted by molar-refractivity contribution is 5.93. The zero-order valence-corrected chi connectivity index (χ0v) is 15.0. The first kappa shape index (κ1) is 16.9. The number of benzene rings is 2. The van der Waals surface area contributed by atoms with E-state index >= 15 is 0 Å². The van der Waals surface area contributed by atoms with Crippen molar-refractivity contribution in [3.05, 3.63) is 53.6 Å². The molecule has 0 aliphatic carbocycles. The van der Waals surface area contributed by atoms with Crippen molar-refractivity contribution < 1.29 is 14.3 Å². The van der Waals surface area contributed by atoms with Crippen LogP contribution in [0.5, 0.6) is 11.5 Å². The molecule has 5 nitrogen and oxygen atoms in total. The summed E-state index contributed by atoms with van der Waals surface area (Å²) in [7, 11) is 0. The van der Waals surface area contributed by atoms with E-state index in [1.54, 1.807) is 0 Å². The Balaban J connectivity index is 1.29. The molecule has 1 fully saturated rings. The van der Waals surface area contributed by atoms with Gasteiger partial charge >= 0.3 is 0 Å². The molecule has 2 aliphatic rings. The van der Waals surface area contributed by atoms with Crippen LogP contribution in [0.4, 0.5) is 5.69 Å². The Morgan fingerprint density at radius 2 is 1.92 bits per heavy atom. The fraction of sp³-hybridized carbons (Fsp3) is 0.381. The Labute approximate surface area is 153 Å². The Morgan fingerprint density at radius 1 is 1.12 bits per heavy atom. The summed E-state index contributed by atoms with van der Waals surface area (Å²) >= 11 is 0. The summed E-state index contributed by atoms with van der Waals surface area (Å²) in [5, 5.41) is 3.02. The molecule has 0 saturated carbocycles. The highest BCUT2D eigenvalue weighted by atomic mass is 16.7. The van der Waals surface area contributed by atoms with Gasteiger partial charge in [-0.15, -0.1) is 0 Å². The van der Waals surface area contributed by atoms with Crippen LogP contribution in [0.15, 0.2) is 42.5 Å². The minimum Gasteiger partial charge on any atom is -0.454 e. The third kappa shape index (κ3) is 3.83. The number of nitrogens with zero attached hydrogens (tertiary/aromatic N) is 1. The molecule has 0 spiro atoms. The number of aryl methyl sites for hydroxylation is 1. The maximum absolute atomic E-state index is 12.6. The van der Waals surface area contributed by atoms with Crippen molar-refractivity contribution in [1.82, 2.24) is 4.90 Å². The molecule has 0 unspecified atom stereocenters. The van der Waals surface area contributed by atoms with Gasteiger partial charge in [-0.2, -0.15) is 0 Å². The Hall–Kier alpha value is -2.53. The van der Waals surface area contributed by atoms with E-state index in [4.69, 9.17) is 9.47 Å². The predicted molar refractivity (Wildman–Crippen MR) is 100 cm³/mol. The van der Waals surface area contributed by atoms with E-state index in [2.05, 4.69) is 41.4 Å². The lowest BCUT2D eigenvalue weighted by molar-refractivity contribution is -0.121. The van der Waals surface area contributed by atoms with Crippen LogP contribution >= 0.6 is 0 Å². The van der Waals surface area contributed by atoms with Gasteiger partial charge in [0.05, 0.1) is 0 Å². The minimum atomic E-state index is 0.0641. The van der Waals surface area contributed by atoms with Crippen LogP contribution in [-0.2, 0) is 11.3 Å². The van der Waals surface area contributed by atoms with Crippen LogP contribution in [0.25, 0.3) is 0 Å². The molecule has 1 N–H and O–H groups in total. The van der Waals surface area contributed by atoms with Gasteiger partial charge < -0.3 is 14.8 Å². The van der Waals surface area contributed by atoms with Crippen molar-refractivity contribution in [3.63, 3.8) is 0 Å². The van der Waals surface area contributed by atoms with Crippen LogP contribution < -0.4 is 14.8 Å². The van der Waals surface area contributed by atoms with Crippen LogP contribution in [0.3, 0.4) is 0 Å². The van der Waals surface area contributed by atoms with E-state index in [0.29, 0.717) is 5.75 Å². The van der Waals surface area contributed by atoms with Crippen molar-refractivity contribution in [1.29, 1.82) is 0 Å². The molecule has 2 aliphatic heterocycles. The number of ether oxygens (including phenoxy) is 2. The van der Waals surface area contributed by atoms with Crippen molar-refractivity contribution in [2.24, 2.45) is 5.92 Å². The van der Waals surface area contributed by atoms with Gasteiger partial charge in [0, 0.05) is 24.2 Å². The number of likely N-dealkylation sites (tertiary alicyclic amines) is 1. The molecule has 1 amide bonds. The largest absolute Gasteiger partial charge is 0.454 e. The number of fused-ring (bicyclic) bond motifs is 1. The Bertz CT molecular complexity index is 798. The molecule has 0 aromatic heterocycles. The quantitative estimate of drug-likeness (QED) is 0.914. The minimum absolute atomic E-state index is 0.0641. The van der Waals surface area contributed by atoms with Crippen molar-refractivity contribution >= 4 is 11.6 Å². The second-order valence-electron chi connectivity index (χ2n) is 7.10. The SMILES string of the molecule is Cc1cccc(CN2CCC(C(=O)Nc3ccc4c(c3)OCO4)CC2)c1. The highest BCUT2D eigenvalue weighted by Gasteiger charge is 2.25. The van der Waals surface area contributed by atoms with Gasteiger partial charge in [0.1, 0.15) is 0 Å². The fourth-order valence-corrected chi connectivity index (χ4v) is 3.64. The molecular weight excluding hydrogens is 328 g/mol. The summed E-state index contributed by atoms with van der Waals surface area (Å²) < 4.78 is 10.7. The summed E-state index contributed by atoms with van der Waals surface area (Å²) in [6.45, 7) is 5.22. The number of amides is 1. The highest BCUT2D eigenvalue weighted by Crippen LogP contribution is 2.34. The standard InChI is InChI=1S/C21H24N2O3/c1-15-3-2-4-16(11-15)13-23-9-7-17(8-10-23)21(24)22-18-5-6-19-20(12-18)26-14-25-19/h2-6,11-12,17H,7-10,13-14H2,1H3,(H,22,24). The maximum atomic E-state index is 12.6. The summed E-state index contributed by atoms with van der Waals surface area (Å²) in [4.78, 5) is 15.0. The van der Waals surface area contributed by atoms with Crippen molar-refractivity contribution in [3.8, 4) is 11.5 Å². The lowest BCUT2D eigenvalue weighted by Gasteiger charge is -2.31. The Kier molecular flexibility index (Phi) is 4.80. The second kappa shape index (κ2) is 7.38. The fourth-order valence-electron chi connectivity index (χ4n) is 3.64. The molecule has 0 bridgehead atoms. The van der Waals surface area contributed by atoms with Gasteiger partial charge in [0.25, 0.3) is 0 Å². The van der Waals surface area contributed by atoms with E-state index < -0.39 is 0 Å². The van der Waals surface area contributed by atoms with Crippen LogP contribution in [0.2, 0.25) is 0 Å². The van der Waals surface area contributed by atoms with Gasteiger partial charge in [-0.25, -0.2) is 0 Å². The third-order valence-corrected chi connectivity index (χ3v) is 5.09. The van der Waals surface area contributed by atoms with Gasteiger partial charge in [-0.05, 0) is 50.6 Å². The number of hydrogen-bond donors (Lipinski definition) is 1. The molecular formula is C21H24N2O3. The zero-order chi connectivity index (χ0) is 17.9. The first-order valence-electron chi connectivity index (χ1n) is 9.16. The summed E-state index contributed by atoms with van der Waals surface area (Å²) in [5.41, 5.74) is 3.40. The topological polar surface area (TPSA) is 50.8 Å². The van der Waals surface area contributed by atoms with Gasteiger partial charge in [-0.1, -0.05) is 29.8 Å². The summed E-state index contributed by atoms with van der Waals surface area (Å²) in [6.07, 6.45) is 1.78. The molecule has 4 rings (SSSR count). The molecule has 0 radical (unpaired) electrons. The van der Waals surface area contributed by atoms with Gasteiger partial charge in [0.15, 0.2) is 11.5 Å². The smallest absolute Gasteiger partial charge is 0.231 e. The van der Waals surface area contributed by atoms with E-state index in [0.717, 1.165) is 43.9 Å². The molecule has 2 heterocycles. The number of anilines is 1. The molecule has 26 heavy (non-hydrogen) atoms. The van der Waals surface area contributed by atoms with E-state index in [-0.39, 0.29) is 18.6 Å². The normalized spacial score (nSPS) is 17.3.